The zero-order valence-corrected chi connectivity index (χ0v) is 8.52. The third-order valence-corrected chi connectivity index (χ3v) is 1.53. The molecule has 1 heterocycles. The van der Waals surface area contributed by atoms with Crippen molar-refractivity contribution in [2.45, 2.75) is 39.8 Å². The summed E-state index contributed by atoms with van der Waals surface area (Å²) in [5, 5.41) is 21.2. The first kappa shape index (κ1) is 10.1. The fourth-order valence-corrected chi connectivity index (χ4v) is 0.892. The van der Waals surface area contributed by atoms with Crippen molar-refractivity contribution in [3.05, 3.63) is 5.82 Å². The fraction of sp³-hybridized carbons (Fsp3) is 0.875. The standard InChI is InChI=1S/C8H16N4O/c1-6(2)5-12-10-7(9-11-12)8(3,4)13/h6,13H,5H2,1-4H3. The van der Waals surface area contributed by atoms with E-state index in [9.17, 15) is 5.11 Å². The van der Waals surface area contributed by atoms with E-state index in [1.807, 2.05) is 0 Å². The molecule has 1 N–H and O–H groups in total. The van der Waals surface area contributed by atoms with Crippen LogP contribution in [0, 0.1) is 5.92 Å². The van der Waals surface area contributed by atoms with Gasteiger partial charge in [-0.3, -0.25) is 0 Å². The van der Waals surface area contributed by atoms with E-state index in [1.165, 1.54) is 4.80 Å². The van der Waals surface area contributed by atoms with Crippen LogP contribution in [0.3, 0.4) is 0 Å². The highest BCUT2D eigenvalue weighted by atomic mass is 16.3. The van der Waals surface area contributed by atoms with Gasteiger partial charge in [0.1, 0.15) is 5.60 Å². The first-order valence-electron chi connectivity index (χ1n) is 4.40. The lowest BCUT2D eigenvalue weighted by molar-refractivity contribution is 0.0682. The summed E-state index contributed by atoms with van der Waals surface area (Å²) < 4.78 is 0. The maximum Gasteiger partial charge on any atom is 0.205 e. The first-order chi connectivity index (χ1) is 5.89. The Hall–Kier alpha value is -0.970. The summed E-state index contributed by atoms with van der Waals surface area (Å²) >= 11 is 0. The highest BCUT2D eigenvalue weighted by molar-refractivity contribution is 4.90. The van der Waals surface area contributed by atoms with Crippen molar-refractivity contribution in [3.63, 3.8) is 0 Å². The Morgan fingerprint density at radius 3 is 2.46 bits per heavy atom. The highest BCUT2D eigenvalue weighted by Gasteiger charge is 2.22. The van der Waals surface area contributed by atoms with Crippen molar-refractivity contribution in [2.24, 2.45) is 5.92 Å². The van der Waals surface area contributed by atoms with Crippen LogP contribution in [0.25, 0.3) is 0 Å². The number of aliphatic hydroxyl groups is 1. The molecule has 0 aliphatic heterocycles. The van der Waals surface area contributed by atoms with Crippen LogP contribution in [-0.4, -0.2) is 25.3 Å². The molecule has 0 aliphatic rings. The van der Waals surface area contributed by atoms with Gasteiger partial charge < -0.3 is 5.11 Å². The van der Waals surface area contributed by atoms with Crippen LogP contribution in [0.2, 0.25) is 0 Å². The molecule has 0 amide bonds. The fourth-order valence-electron chi connectivity index (χ4n) is 0.892. The summed E-state index contributed by atoms with van der Waals surface area (Å²) in [6.07, 6.45) is 0. The number of aromatic nitrogens is 4. The molecule has 13 heavy (non-hydrogen) atoms. The summed E-state index contributed by atoms with van der Waals surface area (Å²) in [5.41, 5.74) is -1.00. The number of tetrazole rings is 1. The lowest BCUT2D eigenvalue weighted by Gasteiger charge is -2.10. The molecule has 0 aromatic carbocycles. The molecule has 0 fully saturated rings. The summed E-state index contributed by atoms with van der Waals surface area (Å²) in [6, 6.07) is 0. The van der Waals surface area contributed by atoms with Gasteiger partial charge in [-0.15, -0.1) is 10.2 Å². The van der Waals surface area contributed by atoms with Crippen molar-refractivity contribution >= 4 is 0 Å². The van der Waals surface area contributed by atoms with Gasteiger partial charge in [0.2, 0.25) is 5.82 Å². The largest absolute Gasteiger partial charge is 0.382 e. The minimum absolute atomic E-state index is 0.369. The van der Waals surface area contributed by atoms with E-state index in [2.05, 4.69) is 29.3 Å². The van der Waals surface area contributed by atoms with Gasteiger partial charge in [-0.1, -0.05) is 13.8 Å². The van der Waals surface area contributed by atoms with Crippen LogP contribution in [-0.2, 0) is 12.1 Å². The molecular weight excluding hydrogens is 168 g/mol. The van der Waals surface area contributed by atoms with E-state index in [-0.39, 0.29) is 0 Å². The van der Waals surface area contributed by atoms with Crippen LogP contribution in [0.1, 0.15) is 33.5 Å². The van der Waals surface area contributed by atoms with Gasteiger partial charge >= 0.3 is 0 Å². The van der Waals surface area contributed by atoms with Gasteiger partial charge in [-0.05, 0) is 25.0 Å². The predicted octanol–water partition coefficient (Wildman–Crippen LogP) is 0.556. The van der Waals surface area contributed by atoms with E-state index in [1.54, 1.807) is 13.8 Å². The van der Waals surface area contributed by atoms with Gasteiger partial charge in [0.25, 0.3) is 0 Å². The number of hydrogen-bond donors (Lipinski definition) is 1. The van der Waals surface area contributed by atoms with E-state index in [0.29, 0.717) is 11.7 Å². The van der Waals surface area contributed by atoms with Gasteiger partial charge in [-0.2, -0.15) is 4.80 Å². The molecule has 0 unspecified atom stereocenters. The second-order valence-electron chi connectivity index (χ2n) is 4.12. The zero-order chi connectivity index (χ0) is 10.1. The molecular formula is C8H16N4O. The highest BCUT2D eigenvalue weighted by Crippen LogP contribution is 2.12. The molecule has 5 nitrogen and oxygen atoms in total. The zero-order valence-electron chi connectivity index (χ0n) is 8.52. The van der Waals surface area contributed by atoms with E-state index >= 15 is 0 Å². The van der Waals surface area contributed by atoms with Crippen molar-refractivity contribution in [3.8, 4) is 0 Å². The monoisotopic (exact) mass is 184 g/mol. The van der Waals surface area contributed by atoms with Crippen molar-refractivity contribution in [2.75, 3.05) is 0 Å². The topological polar surface area (TPSA) is 63.8 Å². The van der Waals surface area contributed by atoms with Gasteiger partial charge in [-0.25, -0.2) is 0 Å². The van der Waals surface area contributed by atoms with Crippen LogP contribution in [0.4, 0.5) is 0 Å². The smallest absolute Gasteiger partial charge is 0.205 e. The average molecular weight is 184 g/mol. The Balaban J connectivity index is 2.75. The molecule has 74 valence electrons. The molecule has 0 radical (unpaired) electrons. The third kappa shape index (κ3) is 2.77. The van der Waals surface area contributed by atoms with Crippen molar-refractivity contribution in [1.29, 1.82) is 0 Å². The summed E-state index contributed by atoms with van der Waals surface area (Å²) in [7, 11) is 0. The Bertz CT molecular complexity index is 274. The molecule has 0 saturated carbocycles. The second kappa shape index (κ2) is 3.41. The second-order valence-corrected chi connectivity index (χ2v) is 4.12. The first-order valence-corrected chi connectivity index (χ1v) is 4.40. The van der Waals surface area contributed by atoms with Crippen LogP contribution in [0.15, 0.2) is 0 Å². The van der Waals surface area contributed by atoms with Gasteiger partial charge in [0, 0.05) is 0 Å². The summed E-state index contributed by atoms with van der Waals surface area (Å²) in [6.45, 7) is 8.16. The lowest BCUT2D eigenvalue weighted by atomic mass is 10.1. The molecule has 0 saturated heterocycles. The average Bonchev–Trinajstić information content (AvgIpc) is 2.32. The molecule has 0 aliphatic carbocycles. The number of rotatable bonds is 3. The van der Waals surface area contributed by atoms with E-state index in [4.69, 9.17) is 0 Å². The maximum absolute atomic E-state index is 9.56. The Morgan fingerprint density at radius 2 is 2.08 bits per heavy atom. The molecule has 0 bridgehead atoms. The van der Waals surface area contributed by atoms with Crippen LogP contribution in [0.5, 0.6) is 0 Å². The number of hydrogen-bond acceptors (Lipinski definition) is 4. The normalized spacial score (nSPS) is 12.5. The van der Waals surface area contributed by atoms with Gasteiger partial charge in [0.05, 0.1) is 6.54 Å². The van der Waals surface area contributed by atoms with Crippen LogP contribution < -0.4 is 0 Å². The summed E-state index contributed by atoms with van der Waals surface area (Å²) in [5.74, 6) is 0.844. The third-order valence-electron chi connectivity index (χ3n) is 1.53. The lowest BCUT2D eigenvalue weighted by Crippen LogP contribution is -2.18. The van der Waals surface area contributed by atoms with Gasteiger partial charge in [0.15, 0.2) is 0 Å². The van der Waals surface area contributed by atoms with Crippen LogP contribution >= 0.6 is 0 Å². The minimum atomic E-state index is -1.00. The molecule has 1 rings (SSSR count). The van der Waals surface area contributed by atoms with E-state index < -0.39 is 5.60 Å². The van der Waals surface area contributed by atoms with Crippen molar-refractivity contribution < 1.29 is 5.11 Å². The SMILES string of the molecule is CC(C)Cn1nnc(C(C)(C)O)n1. The predicted molar refractivity (Wildman–Crippen MR) is 47.9 cm³/mol. The minimum Gasteiger partial charge on any atom is -0.382 e. The molecule has 1 aromatic heterocycles. The quantitative estimate of drug-likeness (QED) is 0.745. The Kier molecular flexibility index (Phi) is 2.66. The van der Waals surface area contributed by atoms with Crippen molar-refractivity contribution in [1.82, 2.24) is 20.2 Å². The molecule has 0 spiro atoms. The Labute approximate surface area is 77.8 Å². The molecule has 0 atom stereocenters. The van der Waals surface area contributed by atoms with E-state index in [0.717, 1.165) is 6.54 Å². The number of nitrogens with zero attached hydrogens (tertiary/aromatic N) is 4. The molecule has 5 heteroatoms. The maximum atomic E-state index is 9.56. The Morgan fingerprint density at radius 1 is 1.46 bits per heavy atom. The summed E-state index contributed by atoms with van der Waals surface area (Å²) in [4.78, 5) is 1.51. The molecule has 1 aromatic rings.